The van der Waals surface area contributed by atoms with Gasteiger partial charge in [0.1, 0.15) is 0 Å². The Morgan fingerprint density at radius 2 is 2.22 bits per heavy atom. The predicted octanol–water partition coefficient (Wildman–Crippen LogP) is 3.19. The van der Waals surface area contributed by atoms with E-state index in [0.29, 0.717) is 23.7 Å². The molecule has 0 saturated carbocycles. The number of ether oxygens (including phenoxy) is 2. The topological polar surface area (TPSA) is 35.5 Å². The zero-order chi connectivity index (χ0) is 12.8. The number of hydrogen-bond acceptors (Lipinski definition) is 4. The Labute approximate surface area is 110 Å². The maximum atomic E-state index is 11.0. The largest absolute Gasteiger partial charge is 0.493 e. The lowest BCUT2D eigenvalue weighted by atomic mass is 10.2. The van der Waals surface area contributed by atoms with Gasteiger partial charge in [-0.15, -0.1) is 0 Å². The van der Waals surface area contributed by atoms with Crippen molar-refractivity contribution in [1.29, 1.82) is 0 Å². The number of carbonyl (C=O) groups is 1. The minimum absolute atomic E-state index is 0.514. The van der Waals surface area contributed by atoms with Gasteiger partial charge in [-0.2, -0.15) is 11.3 Å². The highest BCUT2D eigenvalue weighted by Gasteiger charge is 2.09. The molecule has 0 unspecified atom stereocenters. The second-order valence-corrected chi connectivity index (χ2v) is 4.51. The molecule has 2 aromatic rings. The van der Waals surface area contributed by atoms with Crippen LogP contribution in [0.15, 0.2) is 35.0 Å². The summed E-state index contributed by atoms with van der Waals surface area (Å²) in [6, 6.07) is 7.34. The molecule has 0 aliphatic rings. The zero-order valence-electron chi connectivity index (χ0n) is 10.1. The van der Waals surface area contributed by atoms with Gasteiger partial charge in [0.15, 0.2) is 17.8 Å². The van der Waals surface area contributed by atoms with Crippen molar-refractivity contribution < 1.29 is 14.3 Å². The average Bonchev–Trinajstić information content (AvgIpc) is 2.92. The van der Waals surface area contributed by atoms with E-state index in [4.69, 9.17) is 9.47 Å². The number of benzene rings is 1. The highest BCUT2D eigenvalue weighted by atomic mass is 32.1. The minimum atomic E-state index is 0.514. The van der Waals surface area contributed by atoms with Crippen LogP contribution in [0.5, 0.6) is 11.5 Å². The molecule has 94 valence electrons. The number of hydrogen-bond donors (Lipinski definition) is 0. The van der Waals surface area contributed by atoms with Crippen molar-refractivity contribution >= 4 is 17.6 Å². The van der Waals surface area contributed by atoms with E-state index in [1.807, 2.05) is 5.38 Å². The minimum Gasteiger partial charge on any atom is -0.493 e. The van der Waals surface area contributed by atoms with E-state index < -0.39 is 0 Å². The van der Waals surface area contributed by atoms with Crippen LogP contribution in [-0.4, -0.2) is 20.0 Å². The van der Waals surface area contributed by atoms with Crippen molar-refractivity contribution in [2.45, 2.75) is 6.42 Å². The van der Waals surface area contributed by atoms with Gasteiger partial charge in [-0.3, -0.25) is 4.79 Å². The molecule has 0 saturated heterocycles. The summed E-state index contributed by atoms with van der Waals surface area (Å²) in [7, 11) is 1.57. The third-order valence-electron chi connectivity index (χ3n) is 2.57. The quantitative estimate of drug-likeness (QED) is 0.750. The van der Waals surface area contributed by atoms with E-state index in [0.717, 1.165) is 12.7 Å². The molecule has 1 aromatic carbocycles. The van der Waals surface area contributed by atoms with Gasteiger partial charge in [-0.1, -0.05) is 6.07 Å². The fourth-order valence-electron chi connectivity index (χ4n) is 1.65. The van der Waals surface area contributed by atoms with Crippen LogP contribution >= 0.6 is 11.3 Å². The van der Waals surface area contributed by atoms with Crippen LogP contribution in [0.4, 0.5) is 0 Å². The summed E-state index contributed by atoms with van der Waals surface area (Å²) >= 11 is 1.66. The van der Waals surface area contributed by atoms with Gasteiger partial charge in [-0.05, 0) is 34.5 Å². The van der Waals surface area contributed by atoms with Gasteiger partial charge in [0.05, 0.1) is 19.3 Å². The van der Waals surface area contributed by atoms with Crippen LogP contribution in [0.1, 0.15) is 15.9 Å². The molecule has 4 heteroatoms. The van der Waals surface area contributed by atoms with Gasteiger partial charge in [0.2, 0.25) is 0 Å². The normalized spacial score (nSPS) is 10.1. The molecule has 0 aliphatic heterocycles. The summed E-state index contributed by atoms with van der Waals surface area (Å²) in [6.07, 6.45) is 1.60. The third kappa shape index (κ3) is 2.90. The molecule has 0 bridgehead atoms. The Balaban J connectivity index is 2.05. The number of methoxy groups -OCH3 is 1. The van der Waals surface area contributed by atoms with Gasteiger partial charge >= 0.3 is 0 Å². The molecular formula is C14H14O3S. The maximum Gasteiger partial charge on any atom is 0.171 e. The highest BCUT2D eigenvalue weighted by molar-refractivity contribution is 7.07. The third-order valence-corrected chi connectivity index (χ3v) is 3.31. The Kier molecular flexibility index (Phi) is 4.36. The first-order valence-electron chi connectivity index (χ1n) is 5.61. The van der Waals surface area contributed by atoms with Gasteiger partial charge in [0.25, 0.3) is 0 Å². The van der Waals surface area contributed by atoms with Crippen molar-refractivity contribution in [1.82, 2.24) is 0 Å². The second kappa shape index (κ2) is 6.21. The SMILES string of the molecule is COc1cccc(C=O)c1OCCc1ccsc1. The van der Waals surface area contributed by atoms with Gasteiger partial charge in [-0.25, -0.2) is 0 Å². The van der Waals surface area contributed by atoms with Crippen molar-refractivity contribution in [3.63, 3.8) is 0 Å². The van der Waals surface area contributed by atoms with E-state index in [9.17, 15) is 4.79 Å². The van der Waals surface area contributed by atoms with E-state index in [1.54, 1.807) is 36.6 Å². The van der Waals surface area contributed by atoms with Crippen molar-refractivity contribution in [3.05, 3.63) is 46.2 Å². The van der Waals surface area contributed by atoms with Crippen LogP contribution in [-0.2, 0) is 6.42 Å². The van der Waals surface area contributed by atoms with E-state index in [1.165, 1.54) is 5.56 Å². The number of thiophene rings is 1. The molecule has 0 atom stereocenters. The Morgan fingerprint density at radius 3 is 2.89 bits per heavy atom. The number of rotatable bonds is 6. The summed E-state index contributed by atoms with van der Waals surface area (Å²) in [5.74, 6) is 1.11. The molecule has 0 N–H and O–H groups in total. The van der Waals surface area contributed by atoms with Gasteiger partial charge < -0.3 is 9.47 Å². The van der Waals surface area contributed by atoms with Crippen molar-refractivity contribution in [2.75, 3.05) is 13.7 Å². The van der Waals surface area contributed by atoms with E-state index in [2.05, 4.69) is 11.4 Å². The second-order valence-electron chi connectivity index (χ2n) is 3.73. The maximum absolute atomic E-state index is 11.0. The molecule has 0 radical (unpaired) electrons. The smallest absolute Gasteiger partial charge is 0.171 e. The lowest BCUT2D eigenvalue weighted by Gasteiger charge is -2.12. The molecular weight excluding hydrogens is 248 g/mol. The first kappa shape index (κ1) is 12.6. The first-order chi connectivity index (χ1) is 8.85. The summed E-state index contributed by atoms with van der Waals surface area (Å²) in [5.41, 5.74) is 1.75. The van der Waals surface area contributed by atoms with Gasteiger partial charge in [0, 0.05) is 6.42 Å². The molecule has 0 fully saturated rings. The molecule has 2 rings (SSSR count). The molecule has 1 heterocycles. The molecule has 1 aromatic heterocycles. The number of carbonyl (C=O) groups excluding carboxylic acids is 1. The van der Waals surface area contributed by atoms with Crippen LogP contribution in [0.2, 0.25) is 0 Å². The van der Waals surface area contributed by atoms with E-state index in [-0.39, 0.29) is 0 Å². The fourth-order valence-corrected chi connectivity index (χ4v) is 2.35. The molecule has 18 heavy (non-hydrogen) atoms. The monoisotopic (exact) mass is 262 g/mol. The summed E-state index contributed by atoms with van der Waals surface area (Å²) in [5, 5.41) is 4.13. The Hall–Kier alpha value is -1.81. The van der Waals surface area contributed by atoms with Crippen LogP contribution in [0.3, 0.4) is 0 Å². The predicted molar refractivity (Wildman–Crippen MR) is 71.9 cm³/mol. The number of para-hydroxylation sites is 1. The lowest BCUT2D eigenvalue weighted by molar-refractivity contribution is 0.111. The Bertz CT molecular complexity index is 506. The first-order valence-corrected chi connectivity index (χ1v) is 6.55. The molecule has 3 nitrogen and oxygen atoms in total. The number of aldehydes is 1. The van der Waals surface area contributed by atoms with E-state index >= 15 is 0 Å². The van der Waals surface area contributed by atoms with Crippen LogP contribution in [0, 0.1) is 0 Å². The molecule has 0 spiro atoms. The summed E-state index contributed by atoms with van der Waals surface area (Å²) < 4.78 is 10.9. The fraction of sp³-hybridized carbons (Fsp3) is 0.214. The standard InChI is InChI=1S/C14H14O3S/c1-16-13-4-2-3-12(9-15)14(13)17-7-5-11-6-8-18-10-11/h2-4,6,8-10H,5,7H2,1H3. The Morgan fingerprint density at radius 1 is 1.33 bits per heavy atom. The zero-order valence-corrected chi connectivity index (χ0v) is 10.9. The van der Waals surface area contributed by atoms with Crippen molar-refractivity contribution in [3.8, 4) is 11.5 Å². The lowest BCUT2D eigenvalue weighted by Crippen LogP contribution is -2.04. The van der Waals surface area contributed by atoms with Crippen molar-refractivity contribution in [2.24, 2.45) is 0 Å². The van der Waals surface area contributed by atoms with Crippen LogP contribution in [0.25, 0.3) is 0 Å². The average molecular weight is 262 g/mol. The summed E-state index contributed by atoms with van der Waals surface area (Å²) in [6.45, 7) is 0.526. The highest BCUT2D eigenvalue weighted by Crippen LogP contribution is 2.30. The molecule has 0 amide bonds. The van der Waals surface area contributed by atoms with Crippen LogP contribution < -0.4 is 9.47 Å². The molecule has 0 aliphatic carbocycles. The summed E-state index contributed by atoms with van der Waals surface area (Å²) in [4.78, 5) is 11.0.